The molecular weight excluding hydrogens is 308 g/mol. The number of carbonyl (C=O) groups excluding carboxylic acids is 1. The van der Waals surface area contributed by atoms with Crippen molar-refractivity contribution < 1.29 is 9.53 Å². The molecule has 25 heavy (non-hydrogen) atoms. The molecule has 2 unspecified atom stereocenters. The van der Waals surface area contributed by atoms with E-state index in [4.69, 9.17) is 4.74 Å². The number of benzene rings is 2. The van der Waals surface area contributed by atoms with Crippen molar-refractivity contribution in [1.29, 1.82) is 0 Å². The Morgan fingerprint density at radius 2 is 1.52 bits per heavy atom. The number of hydrogen-bond acceptors (Lipinski definition) is 2. The fraction of sp³-hybridized carbons (Fsp3) is 0.261. The zero-order valence-corrected chi connectivity index (χ0v) is 14.8. The summed E-state index contributed by atoms with van der Waals surface area (Å²) in [6.07, 6.45) is 5.61. The largest absolute Gasteiger partial charge is 0.466 e. The lowest BCUT2D eigenvalue weighted by Crippen LogP contribution is -2.02. The lowest BCUT2D eigenvalue weighted by molar-refractivity contribution is -0.134. The molecule has 0 heterocycles. The van der Waals surface area contributed by atoms with E-state index in [0.717, 1.165) is 12.8 Å². The Kier molecular flexibility index (Phi) is 5.49. The summed E-state index contributed by atoms with van der Waals surface area (Å²) in [6, 6.07) is 21.2. The first kappa shape index (κ1) is 17.2. The maximum atomic E-state index is 11.4. The van der Waals surface area contributed by atoms with Crippen LogP contribution in [0.25, 0.3) is 5.57 Å². The second-order valence-corrected chi connectivity index (χ2v) is 6.64. The highest BCUT2D eigenvalue weighted by atomic mass is 16.5. The van der Waals surface area contributed by atoms with Gasteiger partial charge in [0.1, 0.15) is 0 Å². The predicted molar refractivity (Wildman–Crippen MR) is 102 cm³/mol. The van der Waals surface area contributed by atoms with Gasteiger partial charge in [-0.15, -0.1) is 0 Å². The second-order valence-electron chi connectivity index (χ2n) is 6.64. The molecule has 0 amide bonds. The molecular formula is C23H24O2. The molecule has 0 spiro atoms. The predicted octanol–water partition coefficient (Wildman–Crippen LogP) is 5.26. The van der Waals surface area contributed by atoms with Gasteiger partial charge in [-0.25, -0.2) is 4.79 Å². The third-order valence-electron chi connectivity index (χ3n) is 4.94. The van der Waals surface area contributed by atoms with E-state index < -0.39 is 0 Å². The molecule has 3 rings (SSSR count). The molecule has 0 aliphatic heterocycles. The van der Waals surface area contributed by atoms with Crippen LogP contribution in [0.3, 0.4) is 0 Å². The Morgan fingerprint density at radius 1 is 0.960 bits per heavy atom. The lowest BCUT2D eigenvalue weighted by atomic mass is 9.92. The van der Waals surface area contributed by atoms with Crippen LogP contribution in [0, 0.1) is 11.8 Å². The Balaban J connectivity index is 1.98. The van der Waals surface area contributed by atoms with Crippen molar-refractivity contribution in [2.45, 2.75) is 19.8 Å². The van der Waals surface area contributed by atoms with Gasteiger partial charge >= 0.3 is 5.97 Å². The smallest absolute Gasteiger partial charge is 0.330 e. The average Bonchev–Trinajstić information content (AvgIpc) is 3.02. The Hall–Kier alpha value is -2.61. The summed E-state index contributed by atoms with van der Waals surface area (Å²) in [7, 11) is 1.42. The van der Waals surface area contributed by atoms with E-state index >= 15 is 0 Å². The summed E-state index contributed by atoms with van der Waals surface area (Å²) in [5, 5.41) is 0. The minimum Gasteiger partial charge on any atom is -0.466 e. The number of esters is 1. The van der Waals surface area contributed by atoms with Crippen LogP contribution in [0.15, 0.2) is 78.4 Å². The van der Waals surface area contributed by atoms with Crippen molar-refractivity contribution in [2.75, 3.05) is 7.11 Å². The van der Waals surface area contributed by atoms with Crippen LogP contribution in [-0.2, 0) is 9.53 Å². The zero-order valence-electron chi connectivity index (χ0n) is 14.8. The van der Waals surface area contributed by atoms with Crippen LogP contribution in [-0.4, -0.2) is 13.1 Å². The van der Waals surface area contributed by atoms with Gasteiger partial charge in [0.2, 0.25) is 0 Å². The van der Waals surface area contributed by atoms with Crippen LogP contribution in [0.1, 0.15) is 30.9 Å². The van der Waals surface area contributed by atoms with E-state index in [1.165, 1.54) is 29.4 Å². The molecule has 1 fully saturated rings. The monoisotopic (exact) mass is 332 g/mol. The first-order valence-corrected chi connectivity index (χ1v) is 8.78. The van der Waals surface area contributed by atoms with E-state index in [1.54, 1.807) is 6.08 Å². The summed E-state index contributed by atoms with van der Waals surface area (Å²) >= 11 is 0. The quantitative estimate of drug-likeness (QED) is 0.563. The van der Waals surface area contributed by atoms with Gasteiger partial charge in [-0.1, -0.05) is 79.2 Å². The molecule has 2 nitrogen and oxygen atoms in total. The van der Waals surface area contributed by atoms with E-state index in [1.807, 2.05) is 6.08 Å². The van der Waals surface area contributed by atoms with E-state index in [2.05, 4.69) is 67.6 Å². The van der Waals surface area contributed by atoms with E-state index in [0.29, 0.717) is 11.8 Å². The number of carbonyl (C=O) groups is 1. The van der Waals surface area contributed by atoms with Crippen molar-refractivity contribution >= 4 is 11.5 Å². The first-order chi connectivity index (χ1) is 12.2. The maximum Gasteiger partial charge on any atom is 0.330 e. The summed E-state index contributed by atoms with van der Waals surface area (Å²) in [5.41, 5.74) is 5.31. The zero-order chi connectivity index (χ0) is 17.6. The van der Waals surface area contributed by atoms with Gasteiger partial charge in [0.15, 0.2) is 0 Å². The molecule has 2 atom stereocenters. The molecule has 0 N–H and O–H groups in total. The topological polar surface area (TPSA) is 26.3 Å². The number of allylic oxidation sites excluding steroid dienone is 2. The standard InChI is InChI=1S/C23H24O2/c1-17-15-21(16-20(17)13-14-22(24)25-2)23(18-9-5-3-6-10-18)19-11-7-4-8-12-19/h3-14,17,20H,15-16H2,1-2H3/b14-13+. The van der Waals surface area contributed by atoms with Crippen molar-refractivity contribution in [2.24, 2.45) is 11.8 Å². The van der Waals surface area contributed by atoms with E-state index in [-0.39, 0.29) is 5.97 Å². The maximum absolute atomic E-state index is 11.4. The Labute approximate surface area is 149 Å². The van der Waals surface area contributed by atoms with Crippen molar-refractivity contribution in [3.8, 4) is 0 Å². The molecule has 2 heteroatoms. The van der Waals surface area contributed by atoms with Crippen molar-refractivity contribution in [1.82, 2.24) is 0 Å². The third kappa shape index (κ3) is 4.08. The molecule has 1 saturated carbocycles. The fourth-order valence-electron chi connectivity index (χ4n) is 3.63. The van der Waals surface area contributed by atoms with Gasteiger partial charge in [0.05, 0.1) is 7.11 Å². The van der Waals surface area contributed by atoms with Gasteiger partial charge in [-0.3, -0.25) is 0 Å². The minimum atomic E-state index is -0.282. The van der Waals surface area contributed by atoms with Crippen LogP contribution in [0.5, 0.6) is 0 Å². The van der Waals surface area contributed by atoms with Gasteiger partial charge in [-0.2, -0.15) is 0 Å². The van der Waals surface area contributed by atoms with Crippen LogP contribution in [0.4, 0.5) is 0 Å². The van der Waals surface area contributed by atoms with Gasteiger partial charge in [0, 0.05) is 6.08 Å². The highest BCUT2D eigenvalue weighted by molar-refractivity contribution is 5.83. The van der Waals surface area contributed by atoms with Gasteiger partial charge in [-0.05, 0) is 41.4 Å². The number of ether oxygens (including phenoxy) is 1. The first-order valence-electron chi connectivity index (χ1n) is 8.78. The molecule has 0 radical (unpaired) electrons. The Morgan fingerprint density at radius 3 is 2.04 bits per heavy atom. The molecule has 2 aromatic rings. The van der Waals surface area contributed by atoms with Crippen molar-refractivity contribution in [3.05, 3.63) is 89.5 Å². The fourth-order valence-corrected chi connectivity index (χ4v) is 3.63. The summed E-state index contributed by atoms with van der Waals surface area (Å²) in [4.78, 5) is 11.4. The van der Waals surface area contributed by atoms with Gasteiger partial charge < -0.3 is 4.74 Å². The molecule has 0 aromatic heterocycles. The number of rotatable bonds is 4. The van der Waals surface area contributed by atoms with Crippen molar-refractivity contribution in [3.63, 3.8) is 0 Å². The molecule has 2 aromatic carbocycles. The third-order valence-corrected chi connectivity index (χ3v) is 4.94. The molecule has 128 valence electrons. The molecule has 1 aliphatic carbocycles. The van der Waals surface area contributed by atoms with Crippen LogP contribution < -0.4 is 0 Å². The Bertz CT molecular complexity index is 731. The lowest BCUT2D eigenvalue weighted by Gasteiger charge is -2.13. The molecule has 0 saturated heterocycles. The molecule has 1 aliphatic rings. The van der Waals surface area contributed by atoms with Gasteiger partial charge in [0.25, 0.3) is 0 Å². The van der Waals surface area contributed by atoms with Crippen LogP contribution >= 0.6 is 0 Å². The number of methoxy groups -OCH3 is 1. The summed E-state index contributed by atoms with van der Waals surface area (Å²) in [5.74, 6) is 0.603. The second kappa shape index (κ2) is 7.98. The summed E-state index contributed by atoms with van der Waals surface area (Å²) in [6.45, 7) is 2.26. The average molecular weight is 332 g/mol. The van der Waals surface area contributed by atoms with E-state index in [9.17, 15) is 4.79 Å². The van der Waals surface area contributed by atoms with Crippen LogP contribution in [0.2, 0.25) is 0 Å². The molecule has 0 bridgehead atoms. The summed E-state index contributed by atoms with van der Waals surface area (Å²) < 4.78 is 4.72. The number of hydrogen-bond donors (Lipinski definition) is 0. The normalized spacial score (nSPS) is 20.0. The highest BCUT2D eigenvalue weighted by Gasteiger charge is 2.28. The minimum absolute atomic E-state index is 0.282. The highest BCUT2D eigenvalue weighted by Crippen LogP contribution is 2.42. The SMILES string of the molecule is COC(=O)/C=C/C1CC(=C(c2ccccc2)c2ccccc2)CC1C.